The smallest absolute Gasteiger partial charge is 0.217 e. The summed E-state index contributed by atoms with van der Waals surface area (Å²) in [5.41, 5.74) is 0. The average molecular weight is 545 g/mol. The molecule has 17 nitrogen and oxygen atoms in total. The molecule has 15 atom stereocenters. The normalized spacial score (nSPS) is 49.0. The lowest BCUT2D eigenvalue weighted by Crippen LogP contribution is -2.68. The van der Waals surface area contributed by atoms with Crippen molar-refractivity contribution in [2.45, 2.75) is 99.0 Å². The summed E-state index contributed by atoms with van der Waals surface area (Å²) in [6.07, 6.45) is -23.4. The van der Waals surface area contributed by atoms with Crippen molar-refractivity contribution in [3.8, 4) is 0 Å². The van der Waals surface area contributed by atoms with E-state index < -0.39 is 118 Å². The number of nitrogens with one attached hydrogen (secondary N) is 1. The van der Waals surface area contributed by atoms with Gasteiger partial charge in [0, 0.05) is 6.92 Å². The minimum absolute atomic E-state index is 0.652. The summed E-state index contributed by atoms with van der Waals surface area (Å²) in [6.45, 7) is -1.25. The van der Waals surface area contributed by atoms with Crippen LogP contribution < -0.4 is 5.32 Å². The molecule has 0 aliphatic carbocycles. The predicted octanol–water partition coefficient (Wildman–Crippen LogP) is -7.43. The standard InChI is InChI=1S/C20H35NO16/c1-5(25)21-9-12(28)10(26)6(2-22)34-19(9)37-17-11(27)7(3-23)35-20(15(17)31)36-16-8(4-24)33-18(32)14(30)13(16)29/h6-20,22-24,26-32H,2-4H2,1H3,(H,21,25)/t6-,7-,8-,9-,10-,11+,12-,13-,14-,15-,16+,17+,18?,19+,20-/m1/s1. The third kappa shape index (κ3) is 6.38. The Morgan fingerprint density at radius 2 is 1.19 bits per heavy atom. The van der Waals surface area contributed by atoms with Crippen molar-refractivity contribution in [3.63, 3.8) is 0 Å². The van der Waals surface area contributed by atoms with Gasteiger partial charge in [-0.05, 0) is 0 Å². The van der Waals surface area contributed by atoms with Crippen molar-refractivity contribution in [2.24, 2.45) is 0 Å². The summed E-state index contributed by atoms with van der Waals surface area (Å²) in [5, 5.41) is 103. The lowest BCUT2D eigenvalue weighted by atomic mass is 9.95. The molecule has 3 aliphatic heterocycles. The number of hydrogen-bond donors (Lipinski definition) is 11. The van der Waals surface area contributed by atoms with Gasteiger partial charge < -0.3 is 80.1 Å². The molecule has 3 saturated heterocycles. The lowest BCUT2D eigenvalue weighted by Gasteiger charge is -2.48. The first-order valence-electron chi connectivity index (χ1n) is 11.6. The molecule has 17 heteroatoms. The highest BCUT2D eigenvalue weighted by atomic mass is 16.7. The third-order valence-electron chi connectivity index (χ3n) is 6.49. The monoisotopic (exact) mass is 545 g/mol. The van der Waals surface area contributed by atoms with E-state index >= 15 is 0 Å². The van der Waals surface area contributed by atoms with Gasteiger partial charge in [0.05, 0.1) is 19.8 Å². The summed E-state index contributed by atoms with van der Waals surface area (Å²) < 4.78 is 27.0. The highest BCUT2D eigenvalue weighted by Crippen LogP contribution is 2.32. The fourth-order valence-electron chi connectivity index (χ4n) is 4.46. The molecule has 1 unspecified atom stereocenters. The Kier molecular flexibility index (Phi) is 10.5. The zero-order valence-corrected chi connectivity index (χ0v) is 19.7. The van der Waals surface area contributed by atoms with Crippen LogP contribution in [0.15, 0.2) is 0 Å². The van der Waals surface area contributed by atoms with E-state index in [-0.39, 0.29) is 0 Å². The number of carbonyl (C=O) groups excluding carboxylic acids is 1. The van der Waals surface area contributed by atoms with Crippen molar-refractivity contribution < 1.29 is 79.5 Å². The van der Waals surface area contributed by atoms with Crippen LogP contribution in [-0.2, 0) is 28.5 Å². The molecule has 0 bridgehead atoms. The molecule has 0 aromatic rings. The molecule has 37 heavy (non-hydrogen) atoms. The molecule has 3 rings (SSSR count). The van der Waals surface area contributed by atoms with Gasteiger partial charge in [0.25, 0.3) is 0 Å². The lowest BCUT2D eigenvalue weighted by molar-refractivity contribution is -0.373. The second-order valence-corrected chi connectivity index (χ2v) is 9.07. The van der Waals surface area contributed by atoms with Gasteiger partial charge in [-0.3, -0.25) is 4.79 Å². The Bertz CT molecular complexity index is 745. The zero-order valence-electron chi connectivity index (χ0n) is 19.7. The van der Waals surface area contributed by atoms with Gasteiger partial charge in [0.15, 0.2) is 18.9 Å². The van der Waals surface area contributed by atoms with Crippen LogP contribution in [0.4, 0.5) is 0 Å². The molecule has 3 fully saturated rings. The molecule has 0 aromatic carbocycles. The minimum Gasteiger partial charge on any atom is -0.394 e. The second kappa shape index (κ2) is 12.8. The summed E-state index contributed by atoms with van der Waals surface area (Å²) in [7, 11) is 0. The molecular formula is C20H35NO16. The highest BCUT2D eigenvalue weighted by Gasteiger charge is 2.53. The van der Waals surface area contributed by atoms with Gasteiger partial charge in [-0.15, -0.1) is 0 Å². The van der Waals surface area contributed by atoms with Crippen molar-refractivity contribution >= 4 is 5.91 Å². The number of aliphatic hydroxyl groups is 10. The first kappa shape index (κ1) is 30.4. The van der Waals surface area contributed by atoms with Gasteiger partial charge in [-0.25, -0.2) is 0 Å². The molecule has 3 heterocycles. The van der Waals surface area contributed by atoms with E-state index in [0.717, 1.165) is 6.92 Å². The molecule has 0 radical (unpaired) electrons. The quantitative estimate of drug-likeness (QED) is 0.135. The van der Waals surface area contributed by atoms with E-state index in [1.54, 1.807) is 0 Å². The second-order valence-electron chi connectivity index (χ2n) is 9.07. The SMILES string of the molecule is CC(=O)N[C@H]1[C@H](O[C@H]2[C@@H](O)[C@@H](CO)O[C@H](O[C@@H]3[C@H](O)[C@@H](O)C(O)O[C@@H]3CO)[C@@H]2O)O[C@H](CO)[C@@H](O)[C@@H]1O. The maximum atomic E-state index is 11.7. The minimum atomic E-state index is -1.91. The molecule has 3 aliphatic rings. The summed E-state index contributed by atoms with van der Waals surface area (Å²) in [4.78, 5) is 11.7. The van der Waals surface area contributed by atoms with Crippen LogP contribution >= 0.6 is 0 Å². The summed E-state index contributed by atoms with van der Waals surface area (Å²) in [6, 6.07) is -1.42. The van der Waals surface area contributed by atoms with Gasteiger partial charge in [-0.1, -0.05) is 0 Å². The van der Waals surface area contributed by atoms with Crippen LogP contribution in [0.3, 0.4) is 0 Å². The van der Waals surface area contributed by atoms with Crippen molar-refractivity contribution in [1.82, 2.24) is 5.32 Å². The molecule has 0 aromatic heterocycles. The molecule has 216 valence electrons. The molecule has 11 N–H and O–H groups in total. The van der Waals surface area contributed by atoms with Crippen LogP contribution in [0.25, 0.3) is 0 Å². The van der Waals surface area contributed by atoms with Crippen LogP contribution in [0.5, 0.6) is 0 Å². The predicted molar refractivity (Wildman–Crippen MR) is 113 cm³/mol. The van der Waals surface area contributed by atoms with Crippen LogP contribution in [-0.4, -0.2) is 169 Å². The zero-order chi connectivity index (χ0) is 27.6. The molecule has 1 amide bonds. The van der Waals surface area contributed by atoms with E-state index in [4.69, 9.17) is 23.7 Å². The third-order valence-corrected chi connectivity index (χ3v) is 6.49. The Labute approximate surface area is 210 Å². The van der Waals surface area contributed by atoms with Crippen LogP contribution in [0.2, 0.25) is 0 Å². The van der Waals surface area contributed by atoms with E-state index in [0.29, 0.717) is 0 Å². The molecule has 0 spiro atoms. The average Bonchev–Trinajstić information content (AvgIpc) is 2.86. The van der Waals surface area contributed by atoms with Gasteiger partial charge in [0.1, 0.15) is 73.2 Å². The van der Waals surface area contributed by atoms with Gasteiger partial charge in [-0.2, -0.15) is 0 Å². The fourth-order valence-corrected chi connectivity index (χ4v) is 4.46. The largest absolute Gasteiger partial charge is 0.394 e. The van der Waals surface area contributed by atoms with Gasteiger partial charge >= 0.3 is 0 Å². The topological polar surface area (TPSA) is 278 Å². The number of amides is 1. The van der Waals surface area contributed by atoms with Gasteiger partial charge in [0.2, 0.25) is 5.91 Å². The highest BCUT2D eigenvalue weighted by molar-refractivity contribution is 5.73. The summed E-state index contributed by atoms with van der Waals surface area (Å²) >= 11 is 0. The van der Waals surface area contributed by atoms with E-state index in [1.807, 2.05) is 0 Å². The first-order valence-corrected chi connectivity index (χ1v) is 11.6. The Morgan fingerprint density at radius 3 is 1.76 bits per heavy atom. The number of carbonyl (C=O) groups is 1. The summed E-state index contributed by atoms with van der Waals surface area (Å²) in [5.74, 6) is -0.652. The number of aliphatic hydroxyl groups excluding tert-OH is 10. The first-order chi connectivity index (χ1) is 17.4. The number of ether oxygens (including phenoxy) is 5. The van der Waals surface area contributed by atoms with E-state index in [1.165, 1.54) is 0 Å². The molecular weight excluding hydrogens is 510 g/mol. The number of hydrogen-bond acceptors (Lipinski definition) is 16. The van der Waals surface area contributed by atoms with Crippen molar-refractivity contribution in [2.75, 3.05) is 19.8 Å². The fraction of sp³-hybridized carbons (Fsp3) is 0.950. The Morgan fingerprint density at radius 1 is 0.649 bits per heavy atom. The molecule has 0 saturated carbocycles. The van der Waals surface area contributed by atoms with Crippen LogP contribution in [0, 0.1) is 0 Å². The Balaban J connectivity index is 1.83. The Hall–Kier alpha value is -1.13. The number of rotatable bonds is 8. The maximum Gasteiger partial charge on any atom is 0.217 e. The van der Waals surface area contributed by atoms with E-state index in [9.17, 15) is 55.9 Å². The van der Waals surface area contributed by atoms with Crippen LogP contribution in [0.1, 0.15) is 6.92 Å². The maximum absolute atomic E-state index is 11.7. The van der Waals surface area contributed by atoms with E-state index in [2.05, 4.69) is 5.32 Å². The van der Waals surface area contributed by atoms with Crippen molar-refractivity contribution in [1.29, 1.82) is 0 Å². The van der Waals surface area contributed by atoms with Crippen molar-refractivity contribution in [3.05, 3.63) is 0 Å².